The van der Waals surface area contributed by atoms with E-state index >= 15 is 0 Å². The first-order valence-electron chi connectivity index (χ1n) is 8.80. The molecule has 3 heterocycles. The number of thiazole rings is 1. The summed E-state index contributed by atoms with van der Waals surface area (Å²) >= 11 is 1.67. The van der Waals surface area contributed by atoms with E-state index in [1.54, 1.807) is 11.3 Å². The average molecular weight is 357 g/mol. The van der Waals surface area contributed by atoms with Crippen molar-refractivity contribution in [1.29, 1.82) is 0 Å². The Bertz CT molecular complexity index is 789. The molecule has 0 bridgehead atoms. The molecule has 6 heteroatoms. The fraction of sp³-hybridized carbons (Fsp3) is 0.474. The van der Waals surface area contributed by atoms with Crippen LogP contribution in [0.3, 0.4) is 0 Å². The topological polar surface area (TPSA) is 45.7 Å². The van der Waals surface area contributed by atoms with Crippen LogP contribution in [-0.4, -0.2) is 54.7 Å². The summed E-state index contributed by atoms with van der Waals surface area (Å²) in [5.41, 5.74) is 4.46. The van der Waals surface area contributed by atoms with E-state index in [2.05, 4.69) is 40.4 Å². The molecule has 4 rings (SSSR count). The summed E-state index contributed by atoms with van der Waals surface area (Å²) in [4.78, 5) is 21.5. The van der Waals surface area contributed by atoms with Gasteiger partial charge in [0.1, 0.15) is 0 Å². The number of nitrogens with zero attached hydrogens (tertiary/aromatic N) is 3. The molecule has 0 spiro atoms. The van der Waals surface area contributed by atoms with Gasteiger partial charge in [0.05, 0.1) is 30.0 Å². The minimum absolute atomic E-state index is 0.185. The molecule has 1 unspecified atom stereocenters. The Balaban J connectivity index is 1.48. The second kappa shape index (κ2) is 6.86. The number of morpholine rings is 1. The van der Waals surface area contributed by atoms with Crippen LogP contribution in [0.5, 0.6) is 0 Å². The number of hydrogen-bond donors (Lipinski definition) is 0. The summed E-state index contributed by atoms with van der Waals surface area (Å²) in [6, 6.07) is 6.34. The molecule has 2 aliphatic heterocycles. The van der Waals surface area contributed by atoms with Crippen LogP contribution < -0.4 is 4.90 Å². The summed E-state index contributed by atoms with van der Waals surface area (Å²) < 4.78 is 5.56. The second-order valence-corrected chi connectivity index (χ2v) is 7.87. The van der Waals surface area contributed by atoms with Gasteiger partial charge in [-0.25, -0.2) is 4.98 Å². The van der Waals surface area contributed by atoms with E-state index in [1.165, 1.54) is 5.56 Å². The zero-order chi connectivity index (χ0) is 17.4. The quantitative estimate of drug-likeness (QED) is 0.847. The highest BCUT2D eigenvalue weighted by atomic mass is 32.1. The number of aryl methyl sites for hydroxylation is 1. The van der Waals surface area contributed by atoms with Crippen LogP contribution >= 0.6 is 11.3 Å². The van der Waals surface area contributed by atoms with Crippen LogP contribution in [0, 0.1) is 6.92 Å². The van der Waals surface area contributed by atoms with Gasteiger partial charge < -0.3 is 9.64 Å². The highest BCUT2D eigenvalue weighted by Crippen LogP contribution is 2.32. The average Bonchev–Trinajstić information content (AvgIpc) is 3.20. The van der Waals surface area contributed by atoms with Gasteiger partial charge in [0.2, 0.25) is 5.91 Å². The van der Waals surface area contributed by atoms with Gasteiger partial charge >= 0.3 is 0 Å². The van der Waals surface area contributed by atoms with Gasteiger partial charge in [0.15, 0.2) is 0 Å². The molecule has 132 valence electrons. The van der Waals surface area contributed by atoms with E-state index in [0.717, 1.165) is 48.0 Å². The summed E-state index contributed by atoms with van der Waals surface area (Å²) in [5, 5.41) is 3.17. The van der Waals surface area contributed by atoms with E-state index in [4.69, 9.17) is 4.74 Å². The van der Waals surface area contributed by atoms with E-state index in [0.29, 0.717) is 13.2 Å². The van der Waals surface area contributed by atoms with Crippen LogP contribution in [0.2, 0.25) is 0 Å². The Hall–Kier alpha value is -1.76. The zero-order valence-electron chi connectivity index (χ0n) is 14.7. The maximum absolute atomic E-state index is 12.8. The third kappa shape index (κ3) is 3.47. The van der Waals surface area contributed by atoms with Crippen molar-refractivity contribution in [2.75, 3.05) is 37.7 Å². The zero-order valence-corrected chi connectivity index (χ0v) is 15.5. The molecule has 1 atom stereocenters. The van der Waals surface area contributed by atoms with Crippen molar-refractivity contribution in [3.63, 3.8) is 0 Å². The monoisotopic (exact) mass is 357 g/mol. The maximum Gasteiger partial charge on any atom is 0.241 e. The van der Waals surface area contributed by atoms with Crippen LogP contribution in [-0.2, 0) is 16.0 Å². The molecule has 2 aromatic rings. The van der Waals surface area contributed by atoms with Crippen LogP contribution in [0.25, 0.3) is 11.3 Å². The van der Waals surface area contributed by atoms with Crippen molar-refractivity contribution in [2.24, 2.45) is 0 Å². The number of carbonyl (C=O) groups is 1. The largest absolute Gasteiger partial charge is 0.376 e. The van der Waals surface area contributed by atoms with Crippen molar-refractivity contribution < 1.29 is 9.53 Å². The van der Waals surface area contributed by atoms with Crippen LogP contribution in [0.4, 0.5) is 5.69 Å². The minimum Gasteiger partial charge on any atom is -0.376 e. The number of anilines is 1. The predicted molar refractivity (Wildman–Crippen MR) is 100 cm³/mol. The first kappa shape index (κ1) is 16.7. The van der Waals surface area contributed by atoms with Gasteiger partial charge in [-0.15, -0.1) is 11.3 Å². The lowest BCUT2D eigenvalue weighted by atomic mass is 10.1. The number of carbonyl (C=O) groups excluding carboxylic acids is 1. The molecule has 25 heavy (non-hydrogen) atoms. The van der Waals surface area contributed by atoms with Gasteiger partial charge in [0, 0.05) is 36.3 Å². The number of hydrogen-bond acceptors (Lipinski definition) is 5. The molecule has 0 saturated carbocycles. The Morgan fingerprint density at radius 2 is 2.28 bits per heavy atom. The lowest BCUT2D eigenvalue weighted by molar-refractivity contribution is -0.121. The number of fused-ring (bicyclic) bond motifs is 1. The third-order valence-corrected chi connectivity index (χ3v) is 5.65. The maximum atomic E-state index is 12.8. The summed E-state index contributed by atoms with van der Waals surface area (Å²) in [6.45, 7) is 7.70. The minimum atomic E-state index is 0.185. The predicted octanol–water partition coefficient (Wildman–Crippen LogP) is 2.73. The first-order chi connectivity index (χ1) is 12.1. The van der Waals surface area contributed by atoms with Crippen molar-refractivity contribution in [2.45, 2.75) is 26.4 Å². The number of ether oxygens (including phenoxy) is 1. The van der Waals surface area contributed by atoms with E-state index in [-0.39, 0.29) is 12.0 Å². The SMILES string of the molecule is Cc1nc(-c2ccc3c(c2)CCN3C(=O)CN2CCOC(C)C2)cs1. The molecular weight excluding hydrogens is 334 g/mol. The third-order valence-electron chi connectivity index (χ3n) is 4.87. The van der Waals surface area contributed by atoms with Gasteiger partial charge in [-0.1, -0.05) is 6.07 Å². The van der Waals surface area contributed by atoms with Gasteiger partial charge in [-0.3, -0.25) is 9.69 Å². The van der Waals surface area contributed by atoms with Gasteiger partial charge in [-0.2, -0.15) is 0 Å². The lowest BCUT2D eigenvalue weighted by Crippen LogP contribution is -2.47. The fourth-order valence-corrected chi connectivity index (χ4v) is 4.25. The molecular formula is C19H23N3O2S. The fourth-order valence-electron chi connectivity index (χ4n) is 3.63. The Morgan fingerprint density at radius 1 is 1.40 bits per heavy atom. The molecule has 1 aromatic heterocycles. The smallest absolute Gasteiger partial charge is 0.241 e. The van der Waals surface area contributed by atoms with Gasteiger partial charge in [0.25, 0.3) is 0 Å². The molecule has 0 aliphatic carbocycles. The van der Waals surface area contributed by atoms with Crippen molar-refractivity contribution >= 4 is 22.9 Å². The van der Waals surface area contributed by atoms with E-state index in [9.17, 15) is 4.79 Å². The Kier molecular flexibility index (Phi) is 4.58. The number of benzene rings is 1. The number of rotatable bonds is 3. The van der Waals surface area contributed by atoms with Crippen molar-refractivity contribution in [3.8, 4) is 11.3 Å². The van der Waals surface area contributed by atoms with Crippen molar-refractivity contribution in [1.82, 2.24) is 9.88 Å². The molecule has 5 nitrogen and oxygen atoms in total. The van der Waals surface area contributed by atoms with Gasteiger partial charge in [-0.05, 0) is 38.0 Å². The second-order valence-electron chi connectivity index (χ2n) is 6.81. The lowest BCUT2D eigenvalue weighted by Gasteiger charge is -2.31. The van der Waals surface area contributed by atoms with E-state index < -0.39 is 0 Å². The van der Waals surface area contributed by atoms with E-state index in [1.807, 2.05) is 11.8 Å². The Labute approximate surface area is 152 Å². The molecule has 1 amide bonds. The Morgan fingerprint density at radius 3 is 3.04 bits per heavy atom. The first-order valence-corrected chi connectivity index (χ1v) is 9.68. The summed E-state index contributed by atoms with van der Waals surface area (Å²) in [6.07, 6.45) is 1.12. The molecule has 1 fully saturated rings. The molecule has 0 radical (unpaired) electrons. The van der Waals surface area contributed by atoms with Crippen LogP contribution in [0.1, 0.15) is 17.5 Å². The van der Waals surface area contributed by atoms with Crippen molar-refractivity contribution in [3.05, 3.63) is 34.2 Å². The molecule has 2 aliphatic rings. The number of amides is 1. The normalized spacial score (nSPS) is 20.7. The molecule has 0 N–H and O–H groups in total. The molecule has 1 saturated heterocycles. The number of aromatic nitrogens is 1. The summed E-state index contributed by atoms with van der Waals surface area (Å²) in [5.74, 6) is 0.185. The standard InChI is InChI=1S/C19H23N3O2S/c1-13-10-21(7-8-24-13)11-19(23)22-6-5-16-9-15(3-4-18(16)22)17-12-25-14(2)20-17/h3-4,9,12-13H,5-8,10-11H2,1-2H3. The molecule has 1 aromatic carbocycles. The highest BCUT2D eigenvalue weighted by molar-refractivity contribution is 7.09. The summed E-state index contributed by atoms with van der Waals surface area (Å²) in [7, 11) is 0. The van der Waals surface area contributed by atoms with Crippen LogP contribution in [0.15, 0.2) is 23.6 Å². The highest BCUT2D eigenvalue weighted by Gasteiger charge is 2.27.